The Morgan fingerprint density at radius 2 is 0.754 bits per heavy atom. The highest BCUT2D eigenvalue weighted by Gasteiger charge is 2.28. The minimum absolute atomic E-state index is 0.407. The minimum Gasteiger partial charge on any atom is -0.506 e. The first-order chi connectivity index (χ1) is 28.0. The van der Waals surface area contributed by atoms with E-state index in [0.29, 0.717) is 36.4 Å². The SMILES string of the molecule is Nc1cc(S(=O)(=O)O)cc2cc(S(=O)(=O)O)c(/N=N/c3cc(S(=O)(=O)c4ccc(O)c(/N=N/c5c(S(=O)(=O)O)cc6cc(S(=O)(=O)O)cc(N)c6c5O)c4)ccc3O)c(O)c12. The topological polar surface area (TPSA) is 434 Å². The molecule has 0 aliphatic heterocycles. The lowest BCUT2D eigenvalue weighted by Gasteiger charge is -2.12. The van der Waals surface area contributed by atoms with Gasteiger partial charge in [0.25, 0.3) is 40.5 Å². The van der Waals surface area contributed by atoms with Gasteiger partial charge in [0.15, 0.2) is 11.5 Å². The predicted octanol–water partition coefficient (Wildman–Crippen LogP) is 4.63. The third-order valence-corrected chi connectivity index (χ3v) is 13.6. The summed E-state index contributed by atoms with van der Waals surface area (Å²) in [5.74, 6) is -3.71. The summed E-state index contributed by atoms with van der Waals surface area (Å²) in [5.41, 5.74) is 7.26. The Labute approximate surface area is 342 Å². The zero-order valence-electron chi connectivity index (χ0n) is 29.6. The van der Waals surface area contributed by atoms with E-state index in [-0.39, 0.29) is 0 Å². The van der Waals surface area contributed by atoms with Crippen molar-refractivity contribution < 1.29 is 80.7 Å². The summed E-state index contributed by atoms with van der Waals surface area (Å²) in [4.78, 5) is -5.26. The average molecular weight is 941 g/mol. The number of anilines is 2. The Morgan fingerprint density at radius 3 is 1.07 bits per heavy atom. The molecule has 0 saturated heterocycles. The van der Waals surface area contributed by atoms with E-state index >= 15 is 0 Å². The quantitative estimate of drug-likeness (QED) is 0.0508. The molecule has 61 heavy (non-hydrogen) atoms. The van der Waals surface area contributed by atoms with Gasteiger partial charge in [0.2, 0.25) is 9.84 Å². The van der Waals surface area contributed by atoms with Gasteiger partial charge >= 0.3 is 0 Å². The smallest absolute Gasteiger partial charge is 0.296 e. The molecule has 6 rings (SSSR count). The fourth-order valence-electron chi connectivity index (χ4n) is 5.71. The Kier molecular flexibility index (Phi) is 10.7. The number of sulfone groups is 1. The van der Waals surface area contributed by atoms with Crippen molar-refractivity contribution in [1.29, 1.82) is 0 Å². The molecule has 0 unspecified atom stereocenters. The molecule has 12 N–H and O–H groups in total. The molecule has 0 atom stereocenters. The van der Waals surface area contributed by atoms with E-state index in [0.717, 1.165) is 36.4 Å². The summed E-state index contributed by atoms with van der Waals surface area (Å²) in [5, 5.41) is 55.7. The molecule has 29 heteroatoms. The average Bonchev–Trinajstić information content (AvgIpc) is 3.12. The maximum atomic E-state index is 13.8. The van der Waals surface area contributed by atoms with Crippen molar-refractivity contribution in [2.45, 2.75) is 29.4 Å². The Morgan fingerprint density at radius 1 is 0.410 bits per heavy atom. The molecule has 24 nitrogen and oxygen atoms in total. The lowest BCUT2D eigenvalue weighted by molar-refractivity contribution is 0.471. The largest absolute Gasteiger partial charge is 0.506 e. The second-order valence-electron chi connectivity index (χ2n) is 12.5. The number of phenolic OH excluding ortho intramolecular Hbond substituents is 4. The van der Waals surface area contributed by atoms with Gasteiger partial charge in [-0.1, -0.05) is 0 Å². The zero-order valence-corrected chi connectivity index (χ0v) is 33.7. The predicted molar refractivity (Wildman–Crippen MR) is 209 cm³/mol. The fourth-order valence-corrected chi connectivity index (χ4v) is 9.43. The number of fused-ring (bicyclic) bond motifs is 2. The summed E-state index contributed by atoms with van der Waals surface area (Å²) in [7, 11) is -25.1. The van der Waals surface area contributed by atoms with Gasteiger partial charge in [-0.2, -0.15) is 33.7 Å². The lowest BCUT2D eigenvalue weighted by atomic mass is 10.1. The van der Waals surface area contributed by atoms with Gasteiger partial charge in [-0.15, -0.1) is 20.5 Å². The van der Waals surface area contributed by atoms with Crippen LogP contribution >= 0.6 is 0 Å². The van der Waals surface area contributed by atoms with Crippen molar-refractivity contribution >= 4 is 106 Å². The molecule has 0 aliphatic rings. The standard InChI is InChI=1S/C32H24N6O18S5/c33-19-9-17(58(45,46)47)5-13-7-25(60(51,52)53)29(31(41)27(13)19)37-35-21-11-15(1-3-23(21)39)57(43,44)16-2-4-24(40)22(12-16)36-38-30-26(61(54,55)56)8-14-6-18(59(48,49)50)10-20(34)28(14)32(30)42/h1-12,39-42H,33-34H2,(H,45,46,47)(H,48,49,50)(H,51,52,53)(H,54,55,56)/b37-35+,38-36+. The van der Waals surface area contributed by atoms with Crippen LogP contribution in [0.2, 0.25) is 0 Å². The van der Waals surface area contributed by atoms with E-state index < -0.39 is 158 Å². The molecular weight excluding hydrogens is 917 g/mol. The molecular formula is C32H24N6O18S5. The normalized spacial score (nSPS) is 13.2. The van der Waals surface area contributed by atoms with Crippen molar-refractivity contribution in [1.82, 2.24) is 0 Å². The van der Waals surface area contributed by atoms with E-state index in [2.05, 4.69) is 20.5 Å². The van der Waals surface area contributed by atoms with Crippen LogP contribution < -0.4 is 11.5 Å². The van der Waals surface area contributed by atoms with Gasteiger partial charge in [-0.3, -0.25) is 18.2 Å². The molecule has 0 aliphatic carbocycles. The molecule has 0 fully saturated rings. The van der Waals surface area contributed by atoms with Crippen molar-refractivity contribution in [3.05, 3.63) is 72.8 Å². The van der Waals surface area contributed by atoms with Crippen LogP contribution in [0.15, 0.2) is 123 Å². The van der Waals surface area contributed by atoms with Crippen LogP contribution in [0.25, 0.3) is 21.5 Å². The maximum Gasteiger partial charge on any atom is 0.296 e. The van der Waals surface area contributed by atoms with E-state index in [1.807, 2.05) is 0 Å². The van der Waals surface area contributed by atoms with Crippen LogP contribution in [0.5, 0.6) is 23.0 Å². The number of nitrogen functional groups attached to an aromatic ring is 2. The van der Waals surface area contributed by atoms with Crippen LogP contribution in [0.4, 0.5) is 34.1 Å². The number of phenols is 4. The number of aromatic hydroxyl groups is 4. The number of azo groups is 2. The number of nitrogens with zero attached hydrogens (tertiary/aromatic N) is 4. The second-order valence-corrected chi connectivity index (χ2v) is 20.0. The first kappa shape index (κ1) is 44.0. The van der Waals surface area contributed by atoms with E-state index in [1.165, 1.54) is 0 Å². The van der Waals surface area contributed by atoms with Crippen molar-refractivity contribution in [3.63, 3.8) is 0 Å². The highest BCUT2D eigenvalue weighted by molar-refractivity contribution is 7.91. The Balaban J connectivity index is 1.42. The number of rotatable bonds is 10. The fraction of sp³-hybridized carbons (Fsp3) is 0. The van der Waals surface area contributed by atoms with Crippen LogP contribution in [-0.4, -0.2) is 80.7 Å². The molecule has 0 spiro atoms. The number of nitrogens with two attached hydrogens (primary N) is 2. The Bertz CT molecular complexity index is 3330. The van der Waals surface area contributed by atoms with E-state index in [4.69, 9.17) is 11.5 Å². The second kappa shape index (κ2) is 14.9. The monoisotopic (exact) mass is 940 g/mol. The molecule has 0 saturated carbocycles. The van der Waals surface area contributed by atoms with Gasteiger partial charge in [0.05, 0.1) is 19.6 Å². The molecule has 6 aromatic carbocycles. The summed E-state index contributed by atoms with van der Waals surface area (Å²) in [6, 6.07) is 8.92. The van der Waals surface area contributed by atoms with Crippen LogP contribution in [-0.2, 0) is 50.3 Å². The number of hydrogen-bond acceptors (Lipinski definition) is 20. The minimum atomic E-state index is -5.30. The van der Waals surface area contributed by atoms with Gasteiger partial charge in [0.1, 0.15) is 44.0 Å². The highest BCUT2D eigenvalue weighted by Crippen LogP contribution is 2.47. The summed E-state index contributed by atoms with van der Waals surface area (Å²) in [6.07, 6.45) is 0. The third-order valence-electron chi connectivity index (χ3n) is 8.49. The molecule has 6 aromatic rings. The number of hydrogen-bond donors (Lipinski definition) is 10. The lowest BCUT2D eigenvalue weighted by Crippen LogP contribution is -2.03. The number of benzene rings is 6. The highest BCUT2D eigenvalue weighted by atomic mass is 32.2. The van der Waals surface area contributed by atoms with Gasteiger partial charge < -0.3 is 31.9 Å². The van der Waals surface area contributed by atoms with E-state index in [9.17, 15) is 80.7 Å². The first-order valence-electron chi connectivity index (χ1n) is 15.8. The van der Waals surface area contributed by atoms with Crippen LogP contribution in [0.1, 0.15) is 0 Å². The molecule has 0 amide bonds. The van der Waals surface area contributed by atoms with Crippen LogP contribution in [0, 0.1) is 0 Å². The van der Waals surface area contributed by atoms with Gasteiger partial charge in [0, 0.05) is 22.1 Å². The molecule has 320 valence electrons. The van der Waals surface area contributed by atoms with Gasteiger partial charge in [-0.25, -0.2) is 8.42 Å². The van der Waals surface area contributed by atoms with E-state index in [1.54, 1.807) is 0 Å². The maximum absolute atomic E-state index is 13.8. The molecule has 0 heterocycles. The molecule has 0 bridgehead atoms. The zero-order chi connectivity index (χ0) is 45.4. The third kappa shape index (κ3) is 8.44. The Hall–Kier alpha value is -6.57. The van der Waals surface area contributed by atoms with Crippen LogP contribution in [0.3, 0.4) is 0 Å². The van der Waals surface area contributed by atoms with Gasteiger partial charge in [-0.05, 0) is 83.6 Å². The molecule has 0 aromatic heterocycles. The van der Waals surface area contributed by atoms with Crippen molar-refractivity contribution in [3.8, 4) is 23.0 Å². The molecule has 0 radical (unpaired) electrons. The van der Waals surface area contributed by atoms with Crippen molar-refractivity contribution in [2.75, 3.05) is 11.5 Å². The first-order valence-corrected chi connectivity index (χ1v) is 23.1. The summed E-state index contributed by atoms with van der Waals surface area (Å²) >= 11 is 0. The van der Waals surface area contributed by atoms with Crippen molar-refractivity contribution in [2.24, 2.45) is 20.5 Å². The summed E-state index contributed by atoms with van der Waals surface area (Å²) in [6.45, 7) is 0. The summed E-state index contributed by atoms with van der Waals surface area (Å²) < 4.78 is 162.